The van der Waals surface area contributed by atoms with Crippen LogP contribution in [0.25, 0.3) is 11.1 Å². The lowest BCUT2D eigenvalue weighted by Gasteiger charge is -2.20. The molecule has 0 atom stereocenters. The quantitative estimate of drug-likeness (QED) is 0.457. The maximum absolute atomic E-state index is 12.0. The first kappa shape index (κ1) is 20.8. The molecule has 0 heterocycles. The van der Waals surface area contributed by atoms with Crippen LogP contribution in [0.2, 0.25) is 0 Å². The van der Waals surface area contributed by atoms with Crippen LogP contribution in [0.1, 0.15) is 22.3 Å². The van der Waals surface area contributed by atoms with Crippen molar-refractivity contribution in [3.8, 4) is 16.9 Å². The molecule has 0 aromatic heterocycles. The topological polar surface area (TPSA) is 80.7 Å². The van der Waals surface area contributed by atoms with Crippen molar-refractivity contribution in [2.75, 3.05) is 0 Å². The molecule has 3 rings (SSSR count). The highest BCUT2D eigenvalue weighted by Crippen LogP contribution is 2.40. The van der Waals surface area contributed by atoms with E-state index in [1.54, 1.807) is 25.1 Å². The Balaban J connectivity index is 2.22. The molecule has 0 aliphatic rings. The highest BCUT2D eigenvalue weighted by molar-refractivity contribution is 7.86. The average molecular weight is 410 g/mol. The van der Waals surface area contributed by atoms with Crippen molar-refractivity contribution in [3.05, 3.63) is 82.9 Å². The van der Waals surface area contributed by atoms with Gasteiger partial charge in [-0.2, -0.15) is 8.42 Å². The first-order valence-electron chi connectivity index (χ1n) is 9.13. The fraction of sp³-hybridized carbons (Fsp3) is 0.174. The third-order valence-corrected chi connectivity index (χ3v) is 5.69. The first-order valence-corrected chi connectivity index (χ1v) is 10.6. The lowest BCUT2D eigenvalue weighted by Crippen LogP contribution is -2.06. The van der Waals surface area contributed by atoms with Crippen LogP contribution in [0.4, 0.5) is 0 Å². The summed E-state index contributed by atoms with van der Waals surface area (Å²) in [6.07, 6.45) is 0.930. The van der Waals surface area contributed by atoms with Crippen LogP contribution in [0.5, 0.6) is 5.75 Å². The third kappa shape index (κ3) is 4.55. The summed E-state index contributed by atoms with van der Waals surface area (Å²) in [6.45, 7) is 3.90. The third-order valence-electron chi connectivity index (χ3n) is 4.79. The van der Waals surface area contributed by atoms with Crippen LogP contribution < -0.4 is 4.74 Å². The van der Waals surface area contributed by atoms with Gasteiger partial charge >= 0.3 is 0 Å². The average Bonchev–Trinajstić information content (AvgIpc) is 2.69. The van der Waals surface area contributed by atoms with Crippen LogP contribution in [-0.2, 0) is 27.9 Å². The molecule has 0 bridgehead atoms. The molecule has 0 fully saturated rings. The van der Waals surface area contributed by atoms with Gasteiger partial charge in [0, 0.05) is 23.1 Å². The molecule has 1 N–H and O–H groups in total. The SMILES string of the molecule is Cc1ccc(-c2c(C)cccc2S(=O)(=O)O)c(OCc2ccccc2)c1CC=O. The summed E-state index contributed by atoms with van der Waals surface area (Å²) in [4.78, 5) is 11.1. The van der Waals surface area contributed by atoms with E-state index in [1.165, 1.54) is 6.07 Å². The predicted octanol–water partition coefficient (Wildman–Crippen LogP) is 4.54. The van der Waals surface area contributed by atoms with Crippen LogP contribution in [0, 0.1) is 13.8 Å². The van der Waals surface area contributed by atoms with E-state index in [0.717, 1.165) is 17.4 Å². The minimum Gasteiger partial charge on any atom is -0.488 e. The molecule has 6 heteroatoms. The van der Waals surface area contributed by atoms with Crippen molar-refractivity contribution in [3.63, 3.8) is 0 Å². The Morgan fingerprint density at radius 1 is 0.931 bits per heavy atom. The molecule has 29 heavy (non-hydrogen) atoms. The number of hydrogen-bond acceptors (Lipinski definition) is 4. The molecular weight excluding hydrogens is 388 g/mol. The van der Waals surface area contributed by atoms with Crippen LogP contribution in [-0.4, -0.2) is 19.3 Å². The Kier molecular flexibility index (Phi) is 6.15. The van der Waals surface area contributed by atoms with Gasteiger partial charge in [-0.3, -0.25) is 4.55 Å². The van der Waals surface area contributed by atoms with Crippen LogP contribution in [0.3, 0.4) is 0 Å². The van der Waals surface area contributed by atoms with Gasteiger partial charge in [0.25, 0.3) is 10.1 Å². The second-order valence-electron chi connectivity index (χ2n) is 6.81. The lowest BCUT2D eigenvalue weighted by molar-refractivity contribution is -0.107. The Labute approximate surface area is 170 Å². The van der Waals surface area contributed by atoms with Gasteiger partial charge in [0.15, 0.2) is 0 Å². The van der Waals surface area contributed by atoms with Gasteiger partial charge in [0.2, 0.25) is 0 Å². The molecule has 0 aliphatic carbocycles. The zero-order valence-corrected chi connectivity index (χ0v) is 17.1. The van der Waals surface area contributed by atoms with E-state index >= 15 is 0 Å². The zero-order chi connectivity index (χ0) is 21.0. The van der Waals surface area contributed by atoms with Gasteiger partial charge in [-0.05, 0) is 36.6 Å². The van der Waals surface area contributed by atoms with Crippen LogP contribution in [0.15, 0.2) is 65.6 Å². The molecular formula is C23H22O5S. The standard InChI is InChI=1S/C23H22O5S/c1-16-11-12-20(22-17(2)7-6-10-21(22)29(25,26)27)23(19(16)13-14-24)28-15-18-8-4-3-5-9-18/h3-12,14H,13,15H2,1-2H3,(H,25,26,27). The lowest BCUT2D eigenvalue weighted by atomic mass is 9.94. The monoisotopic (exact) mass is 410 g/mol. The maximum Gasteiger partial charge on any atom is 0.295 e. The summed E-state index contributed by atoms with van der Waals surface area (Å²) >= 11 is 0. The number of benzene rings is 3. The molecule has 0 unspecified atom stereocenters. The second kappa shape index (κ2) is 8.59. The van der Waals surface area contributed by atoms with Gasteiger partial charge in [-0.15, -0.1) is 0 Å². The van der Waals surface area contributed by atoms with Gasteiger partial charge in [0.05, 0.1) is 0 Å². The van der Waals surface area contributed by atoms with E-state index in [-0.39, 0.29) is 17.9 Å². The van der Waals surface area contributed by atoms with Gasteiger partial charge < -0.3 is 9.53 Å². The Morgan fingerprint density at radius 3 is 2.31 bits per heavy atom. The summed E-state index contributed by atoms with van der Waals surface area (Å²) in [5, 5.41) is 0. The molecule has 0 spiro atoms. The summed E-state index contributed by atoms with van der Waals surface area (Å²) in [7, 11) is -4.45. The number of carbonyl (C=O) groups is 1. The zero-order valence-electron chi connectivity index (χ0n) is 16.3. The summed E-state index contributed by atoms with van der Waals surface area (Å²) in [5.41, 5.74) is 4.06. The van der Waals surface area contributed by atoms with E-state index in [4.69, 9.17) is 4.74 Å². The number of aryl methyl sites for hydroxylation is 2. The summed E-state index contributed by atoms with van der Waals surface area (Å²) in [5.74, 6) is 0.445. The number of ether oxygens (including phenoxy) is 1. The number of aldehydes is 1. The first-order chi connectivity index (χ1) is 13.8. The van der Waals surface area contributed by atoms with E-state index in [2.05, 4.69) is 0 Å². The van der Waals surface area contributed by atoms with Gasteiger partial charge in [-0.1, -0.05) is 54.6 Å². The van der Waals surface area contributed by atoms with Gasteiger partial charge in [-0.25, -0.2) is 0 Å². The molecule has 3 aromatic rings. The maximum atomic E-state index is 12.0. The number of hydrogen-bond donors (Lipinski definition) is 1. The number of rotatable bonds is 7. The minimum atomic E-state index is -4.45. The van der Waals surface area contributed by atoms with E-state index in [0.29, 0.717) is 28.0 Å². The Bertz CT molecular complexity index is 1140. The smallest absolute Gasteiger partial charge is 0.295 e. The van der Waals surface area contributed by atoms with Gasteiger partial charge in [0.1, 0.15) is 23.5 Å². The number of carbonyl (C=O) groups excluding carboxylic acids is 1. The molecule has 5 nitrogen and oxygen atoms in total. The van der Waals surface area contributed by atoms with Crippen molar-refractivity contribution < 1.29 is 22.5 Å². The molecule has 0 aliphatic heterocycles. The highest BCUT2D eigenvalue weighted by Gasteiger charge is 2.23. The van der Waals surface area contributed by atoms with Crippen molar-refractivity contribution in [2.45, 2.75) is 31.8 Å². The Morgan fingerprint density at radius 2 is 1.66 bits per heavy atom. The normalized spacial score (nSPS) is 11.3. The highest BCUT2D eigenvalue weighted by atomic mass is 32.2. The van der Waals surface area contributed by atoms with Crippen molar-refractivity contribution in [2.24, 2.45) is 0 Å². The predicted molar refractivity (Wildman–Crippen MR) is 112 cm³/mol. The second-order valence-corrected chi connectivity index (χ2v) is 8.20. The molecule has 0 amide bonds. The minimum absolute atomic E-state index is 0.136. The molecule has 0 radical (unpaired) electrons. The van der Waals surface area contributed by atoms with E-state index in [9.17, 15) is 17.8 Å². The van der Waals surface area contributed by atoms with Crippen molar-refractivity contribution in [1.29, 1.82) is 0 Å². The summed E-state index contributed by atoms with van der Waals surface area (Å²) in [6, 6.07) is 17.9. The largest absolute Gasteiger partial charge is 0.488 e. The summed E-state index contributed by atoms with van der Waals surface area (Å²) < 4.78 is 39.9. The molecule has 0 saturated heterocycles. The van der Waals surface area contributed by atoms with Crippen molar-refractivity contribution in [1.82, 2.24) is 0 Å². The Hall–Kier alpha value is -2.96. The fourth-order valence-corrected chi connectivity index (χ4v) is 4.14. The van der Waals surface area contributed by atoms with E-state index < -0.39 is 10.1 Å². The molecule has 150 valence electrons. The molecule has 0 saturated carbocycles. The van der Waals surface area contributed by atoms with E-state index in [1.807, 2.05) is 43.3 Å². The fourth-order valence-electron chi connectivity index (χ4n) is 3.36. The van der Waals surface area contributed by atoms with Crippen LogP contribution >= 0.6 is 0 Å². The molecule has 3 aromatic carbocycles. The van der Waals surface area contributed by atoms with Crippen molar-refractivity contribution >= 4 is 16.4 Å².